The third-order valence-electron chi connectivity index (χ3n) is 7.40. The molecule has 0 saturated heterocycles. The fraction of sp³-hybridized carbons (Fsp3) is 0.931. The highest BCUT2D eigenvalue weighted by Gasteiger charge is 2.32. The normalized spacial score (nSPS) is 19.3. The lowest BCUT2D eigenvalue weighted by Gasteiger charge is -2.27. The maximum Gasteiger partial charge on any atom is 0.309 e. The number of unbranched alkanes of at least 4 members (excludes halogenated alkanes) is 14. The molecular weight excluding hydrogens is 412 g/mol. The minimum Gasteiger partial charge on any atom is -0.481 e. The zero-order valence-corrected chi connectivity index (χ0v) is 22.0. The van der Waals surface area contributed by atoms with E-state index in [0.717, 1.165) is 38.5 Å². The van der Waals surface area contributed by atoms with Gasteiger partial charge in [-0.05, 0) is 44.9 Å². The summed E-state index contributed by atoms with van der Waals surface area (Å²) in [5.41, 5.74) is 0. The molecule has 1 rings (SSSR count). The first-order valence-electron chi connectivity index (χ1n) is 14.5. The molecule has 0 amide bonds. The van der Waals surface area contributed by atoms with Crippen LogP contribution in [0.15, 0.2) is 0 Å². The van der Waals surface area contributed by atoms with E-state index in [4.69, 9.17) is 4.74 Å². The van der Waals surface area contributed by atoms with Crippen molar-refractivity contribution in [3.8, 4) is 0 Å². The molecule has 4 heteroatoms. The highest BCUT2D eigenvalue weighted by molar-refractivity contribution is 5.75. The summed E-state index contributed by atoms with van der Waals surface area (Å²) in [5, 5.41) is 9.32. The lowest BCUT2D eigenvalue weighted by molar-refractivity contribution is -0.158. The molecule has 4 nitrogen and oxygen atoms in total. The number of carbonyl (C=O) groups excluding carboxylic acids is 1. The molecule has 1 fully saturated rings. The van der Waals surface area contributed by atoms with Gasteiger partial charge in [-0.1, -0.05) is 110 Å². The van der Waals surface area contributed by atoms with E-state index in [1.165, 1.54) is 89.9 Å². The molecule has 0 aromatic heterocycles. The lowest BCUT2D eigenvalue weighted by Crippen LogP contribution is -2.31. The third kappa shape index (κ3) is 15.5. The van der Waals surface area contributed by atoms with Crippen LogP contribution in [0.25, 0.3) is 0 Å². The number of esters is 1. The van der Waals surface area contributed by atoms with Gasteiger partial charge in [0.2, 0.25) is 0 Å². The Morgan fingerprint density at radius 1 is 0.697 bits per heavy atom. The standard InChI is InChI=1S/C29H54O4/c1-3-5-7-9-10-11-12-13-14-16-18-23-27(22-17-15-8-6-4-2)33-29(32)26-21-19-20-25(24-26)28(30)31/h25-27H,3-24H2,1-2H3,(H,30,31). The minimum atomic E-state index is -0.763. The van der Waals surface area contributed by atoms with Crippen LogP contribution in [0, 0.1) is 11.8 Å². The topological polar surface area (TPSA) is 63.6 Å². The van der Waals surface area contributed by atoms with Crippen LogP contribution in [-0.4, -0.2) is 23.1 Å². The Morgan fingerprint density at radius 2 is 1.12 bits per heavy atom. The van der Waals surface area contributed by atoms with E-state index >= 15 is 0 Å². The minimum absolute atomic E-state index is 0.0166. The second-order valence-corrected chi connectivity index (χ2v) is 10.5. The summed E-state index contributed by atoms with van der Waals surface area (Å²) >= 11 is 0. The van der Waals surface area contributed by atoms with Crippen LogP contribution in [0.5, 0.6) is 0 Å². The van der Waals surface area contributed by atoms with Gasteiger partial charge in [-0.25, -0.2) is 0 Å². The number of ether oxygens (including phenoxy) is 1. The summed E-state index contributed by atoms with van der Waals surface area (Å²) in [4.78, 5) is 24.1. The van der Waals surface area contributed by atoms with Gasteiger partial charge < -0.3 is 9.84 Å². The van der Waals surface area contributed by atoms with Crippen molar-refractivity contribution < 1.29 is 19.4 Å². The number of carboxylic acid groups (broad SMARTS) is 1. The third-order valence-corrected chi connectivity index (χ3v) is 7.40. The number of hydrogen-bond acceptors (Lipinski definition) is 3. The predicted molar refractivity (Wildman–Crippen MR) is 137 cm³/mol. The zero-order valence-electron chi connectivity index (χ0n) is 22.0. The van der Waals surface area contributed by atoms with Crippen LogP contribution in [0.4, 0.5) is 0 Å². The van der Waals surface area contributed by atoms with Crippen molar-refractivity contribution >= 4 is 11.9 Å². The Balaban J connectivity index is 2.29. The van der Waals surface area contributed by atoms with Crippen molar-refractivity contribution in [3.63, 3.8) is 0 Å². The Labute approximate surface area is 204 Å². The fourth-order valence-electron chi connectivity index (χ4n) is 5.16. The number of hydrogen-bond donors (Lipinski definition) is 1. The van der Waals surface area contributed by atoms with E-state index in [1.54, 1.807) is 0 Å². The SMILES string of the molecule is CCCCCCCCCCCCCC(CCCCCCC)OC(=O)C1CCCC(C(=O)O)C1. The van der Waals surface area contributed by atoms with Crippen molar-refractivity contribution in [2.45, 2.75) is 161 Å². The highest BCUT2D eigenvalue weighted by Crippen LogP contribution is 2.31. The van der Waals surface area contributed by atoms with Gasteiger partial charge in [-0.2, -0.15) is 0 Å². The molecule has 0 aromatic rings. The van der Waals surface area contributed by atoms with Gasteiger partial charge in [0.15, 0.2) is 0 Å². The maximum atomic E-state index is 12.8. The van der Waals surface area contributed by atoms with Gasteiger partial charge in [0.1, 0.15) is 6.10 Å². The molecule has 3 unspecified atom stereocenters. The summed E-state index contributed by atoms with van der Waals surface area (Å²) in [6.07, 6.45) is 25.4. The van der Waals surface area contributed by atoms with Crippen LogP contribution in [0.2, 0.25) is 0 Å². The largest absolute Gasteiger partial charge is 0.481 e. The Hall–Kier alpha value is -1.06. The monoisotopic (exact) mass is 466 g/mol. The Kier molecular flexibility index (Phi) is 18.5. The van der Waals surface area contributed by atoms with Crippen LogP contribution < -0.4 is 0 Å². The molecule has 1 aliphatic carbocycles. The first kappa shape index (κ1) is 30.0. The van der Waals surface area contributed by atoms with E-state index in [0.29, 0.717) is 12.8 Å². The second kappa shape index (κ2) is 20.3. The quantitative estimate of drug-likeness (QED) is 0.135. The number of carbonyl (C=O) groups is 2. The van der Waals surface area contributed by atoms with Crippen LogP contribution in [0.3, 0.4) is 0 Å². The first-order chi connectivity index (χ1) is 16.1. The fourth-order valence-corrected chi connectivity index (χ4v) is 5.16. The van der Waals surface area contributed by atoms with Crippen molar-refractivity contribution in [2.75, 3.05) is 0 Å². The molecule has 1 N–H and O–H groups in total. The van der Waals surface area contributed by atoms with Crippen LogP contribution >= 0.6 is 0 Å². The summed E-state index contributed by atoms with van der Waals surface area (Å²) < 4.78 is 5.98. The molecule has 1 saturated carbocycles. The van der Waals surface area contributed by atoms with Crippen LogP contribution in [0.1, 0.15) is 155 Å². The van der Waals surface area contributed by atoms with Crippen molar-refractivity contribution in [2.24, 2.45) is 11.8 Å². The van der Waals surface area contributed by atoms with E-state index in [9.17, 15) is 14.7 Å². The first-order valence-corrected chi connectivity index (χ1v) is 14.5. The lowest BCUT2D eigenvalue weighted by atomic mass is 9.81. The van der Waals surface area contributed by atoms with Gasteiger partial charge >= 0.3 is 11.9 Å². The van der Waals surface area contributed by atoms with Crippen molar-refractivity contribution in [1.82, 2.24) is 0 Å². The Bertz CT molecular complexity index is 490. The molecule has 0 radical (unpaired) electrons. The average molecular weight is 467 g/mol. The summed E-state index contributed by atoms with van der Waals surface area (Å²) in [6, 6.07) is 0. The average Bonchev–Trinajstić information content (AvgIpc) is 2.82. The van der Waals surface area contributed by atoms with Gasteiger partial charge in [0, 0.05) is 0 Å². The van der Waals surface area contributed by atoms with E-state index in [-0.39, 0.29) is 23.9 Å². The van der Waals surface area contributed by atoms with Crippen LogP contribution in [-0.2, 0) is 14.3 Å². The predicted octanol–water partition coefficient (Wildman–Crippen LogP) is 8.85. The maximum absolute atomic E-state index is 12.8. The number of aliphatic carboxylic acids is 1. The molecule has 194 valence electrons. The summed E-state index contributed by atoms with van der Waals surface area (Å²) in [6.45, 7) is 4.49. The molecule has 0 spiro atoms. The van der Waals surface area contributed by atoms with E-state index < -0.39 is 5.97 Å². The molecule has 0 heterocycles. The smallest absolute Gasteiger partial charge is 0.309 e. The van der Waals surface area contributed by atoms with E-state index in [1.807, 2.05) is 0 Å². The van der Waals surface area contributed by atoms with E-state index in [2.05, 4.69) is 13.8 Å². The Morgan fingerprint density at radius 3 is 1.58 bits per heavy atom. The van der Waals surface area contributed by atoms with Gasteiger partial charge in [-0.15, -0.1) is 0 Å². The zero-order chi connectivity index (χ0) is 24.2. The molecular formula is C29H54O4. The highest BCUT2D eigenvalue weighted by atomic mass is 16.5. The second-order valence-electron chi connectivity index (χ2n) is 10.5. The molecule has 0 aromatic carbocycles. The molecule has 0 aliphatic heterocycles. The van der Waals surface area contributed by atoms with Crippen molar-refractivity contribution in [3.05, 3.63) is 0 Å². The van der Waals surface area contributed by atoms with Gasteiger partial charge in [-0.3, -0.25) is 9.59 Å². The van der Waals surface area contributed by atoms with Gasteiger partial charge in [0.25, 0.3) is 0 Å². The molecule has 33 heavy (non-hydrogen) atoms. The summed E-state index contributed by atoms with van der Waals surface area (Å²) in [5.74, 6) is -1.50. The molecule has 1 aliphatic rings. The van der Waals surface area contributed by atoms with Crippen molar-refractivity contribution in [1.29, 1.82) is 0 Å². The van der Waals surface area contributed by atoms with Gasteiger partial charge in [0.05, 0.1) is 11.8 Å². The summed E-state index contributed by atoms with van der Waals surface area (Å²) in [7, 11) is 0. The number of carboxylic acids is 1. The molecule has 3 atom stereocenters. The molecule has 0 bridgehead atoms. The number of rotatable bonds is 21.